The van der Waals surface area contributed by atoms with Crippen molar-refractivity contribution in [1.82, 2.24) is 9.78 Å². The molecule has 0 spiro atoms. The van der Waals surface area contributed by atoms with Gasteiger partial charge in [-0.05, 0) is 33.3 Å². The summed E-state index contributed by atoms with van der Waals surface area (Å²) in [5, 5.41) is 4.18. The van der Waals surface area contributed by atoms with Crippen molar-refractivity contribution in [2.75, 3.05) is 0 Å². The first kappa shape index (κ1) is 12.6. The van der Waals surface area contributed by atoms with Crippen LogP contribution in [0.2, 0.25) is 0 Å². The summed E-state index contributed by atoms with van der Waals surface area (Å²) < 4.78 is 7.27. The van der Waals surface area contributed by atoms with Gasteiger partial charge in [-0.15, -0.1) is 0 Å². The van der Waals surface area contributed by atoms with E-state index in [1.807, 2.05) is 20.8 Å². The number of furan rings is 1. The SMILES string of the molecule is CCCn1nccc1C(=O)c1c(C)oc(C)c1C. The normalized spacial score (nSPS) is 10.9. The van der Waals surface area contributed by atoms with E-state index in [1.54, 1.807) is 16.9 Å². The average molecular weight is 246 g/mol. The number of hydrogen-bond donors (Lipinski definition) is 0. The van der Waals surface area contributed by atoms with E-state index in [9.17, 15) is 4.79 Å². The fourth-order valence-corrected chi connectivity index (χ4v) is 2.17. The lowest BCUT2D eigenvalue weighted by atomic mass is 10.0. The first-order valence-corrected chi connectivity index (χ1v) is 6.19. The molecule has 2 heterocycles. The van der Waals surface area contributed by atoms with E-state index in [-0.39, 0.29) is 5.78 Å². The fourth-order valence-electron chi connectivity index (χ4n) is 2.17. The standard InChI is InChI=1S/C14H18N2O2/c1-5-8-16-12(6-7-15-16)14(17)13-9(2)10(3)18-11(13)4/h6-7H,5,8H2,1-4H3. The maximum atomic E-state index is 12.5. The molecule has 0 amide bonds. The Hall–Kier alpha value is -1.84. The number of nitrogens with zero attached hydrogens (tertiary/aromatic N) is 2. The van der Waals surface area contributed by atoms with E-state index in [2.05, 4.69) is 12.0 Å². The fraction of sp³-hybridized carbons (Fsp3) is 0.429. The van der Waals surface area contributed by atoms with Crippen molar-refractivity contribution in [2.45, 2.75) is 40.7 Å². The van der Waals surface area contributed by atoms with Gasteiger partial charge in [-0.3, -0.25) is 9.48 Å². The van der Waals surface area contributed by atoms with Gasteiger partial charge in [0.2, 0.25) is 5.78 Å². The molecule has 0 unspecified atom stereocenters. The van der Waals surface area contributed by atoms with Crippen LogP contribution in [0.4, 0.5) is 0 Å². The molecule has 0 saturated heterocycles. The second-order valence-electron chi connectivity index (χ2n) is 4.48. The third-order valence-corrected chi connectivity index (χ3v) is 3.17. The van der Waals surface area contributed by atoms with Crippen molar-refractivity contribution >= 4 is 5.78 Å². The van der Waals surface area contributed by atoms with Gasteiger partial charge >= 0.3 is 0 Å². The molecule has 2 aromatic rings. The molecule has 0 bridgehead atoms. The summed E-state index contributed by atoms with van der Waals surface area (Å²) >= 11 is 0. The molecule has 4 nitrogen and oxygen atoms in total. The van der Waals surface area contributed by atoms with Crippen molar-refractivity contribution in [3.63, 3.8) is 0 Å². The average Bonchev–Trinajstić information content (AvgIpc) is 2.86. The molecule has 0 aliphatic carbocycles. The second kappa shape index (κ2) is 4.80. The van der Waals surface area contributed by atoms with Gasteiger partial charge in [0, 0.05) is 18.3 Å². The van der Waals surface area contributed by atoms with E-state index in [1.165, 1.54) is 0 Å². The van der Waals surface area contributed by atoms with E-state index in [4.69, 9.17) is 4.42 Å². The minimum Gasteiger partial charge on any atom is -0.466 e. The summed E-state index contributed by atoms with van der Waals surface area (Å²) in [5.74, 6) is 1.48. The molecule has 96 valence electrons. The second-order valence-corrected chi connectivity index (χ2v) is 4.48. The van der Waals surface area contributed by atoms with Crippen LogP contribution in [-0.2, 0) is 6.54 Å². The number of aryl methyl sites for hydroxylation is 3. The van der Waals surface area contributed by atoms with Gasteiger partial charge in [-0.25, -0.2) is 0 Å². The number of rotatable bonds is 4. The minimum absolute atomic E-state index is 0.00667. The van der Waals surface area contributed by atoms with E-state index >= 15 is 0 Å². The molecule has 0 radical (unpaired) electrons. The molecule has 0 N–H and O–H groups in total. The molecule has 0 aliphatic rings. The smallest absolute Gasteiger partial charge is 0.214 e. The summed E-state index contributed by atoms with van der Waals surface area (Å²) in [5.41, 5.74) is 2.22. The monoisotopic (exact) mass is 246 g/mol. The molecule has 18 heavy (non-hydrogen) atoms. The quantitative estimate of drug-likeness (QED) is 0.779. The Morgan fingerprint density at radius 2 is 2.06 bits per heavy atom. The van der Waals surface area contributed by atoms with Crippen LogP contribution in [0.15, 0.2) is 16.7 Å². The Bertz CT molecular complexity index is 579. The van der Waals surface area contributed by atoms with Crippen molar-refractivity contribution < 1.29 is 9.21 Å². The van der Waals surface area contributed by atoms with Crippen molar-refractivity contribution in [3.8, 4) is 0 Å². The molecule has 0 fully saturated rings. The van der Waals surface area contributed by atoms with Crippen LogP contribution >= 0.6 is 0 Å². The first-order chi connectivity index (χ1) is 8.56. The summed E-state index contributed by atoms with van der Waals surface area (Å²) in [6.07, 6.45) is 2.62. The van der Waals surface area contributed by atoms with E-state index in [0.29, 0.717) is 17.0 Å². The highest BCUT2D eigenvalue weighted by Crippen LogP contribution is 2.23. The lowest BCUT2D eigenvalue weighted by Crippen LogP contribution is -2.12. The third kappa shape index (κ3) is 1.98. The highest BCUT2D eigenvalue weighted by molar-refractivity contribution is 6.09. The summed E-state index contributed by atoms with van der Waals surface area (Å²) in [6.45, 7) is 8.44. The Morgan fingerprint density at radius 3 is 2.61 bits per heavy atom. The van der Waals surface area contributed by atoms with Crippen LogP contribution < -0.4 is 0 Å². The van der Waals surface area contributed by atoms with Crippen LogP contribution in [0, 0.1) is 20.8 Å². The number of carbonyl (C=O) groups excluding carboxylic acids is 1. The highest BCUT2D eigenvalue weighted by atomic mass is 16.3. The van der Waals surface area contributed by atoms with Gasteiger partial charge in [0.25, 0.3) is 0 Å². The minimum atomic E-state index is -0.00667. The van der Waals surface area contributed by atoms with Crippen LogP contribution in [-0.4, -0.2) is 15.6 Å². The zero-order valence-electron chi connectivity index (χ0n) is 11.3. The number of ketones is 1. The number of carbonyl (C=O) groups is 1. The number of hydrogen-bond acceptors (Lipinski definition) is 3. The van der Waals surface area contributed by atoms with Gasteiger partial charge in [-0.1, -0.05) is 6.92 Å². The van der Waals surface area contributed by atoms with Crippen LogP contribution in [0.1, 0.15) is 46.5 Å². The first-order valence-electron chi connectivity index (χ1n) is 6.19. The summed E-state index contributed by atoms with van der Waals surface area (Å²) in [4.78, 5) is 12.5. The van der Waals surface area contributed by atoms with Gasteiger partial charge < -0.3 is 4.42 Å². The summed E-state index contributed by atoms with van der Waals surface area (Å²) in [6, 6.07) is 1.76. The summed E-state index contributed by atoms with van der Waals surface area (Å²) in [7, 11) is 0. The molecule has 0 aliphatic heterocycles. The molecular weight excluding hydrogens is 228 g/mol. The molecule has 4 heteroatoms. The Balaban J connectivity index is 2.45. The Morgan fingerprint density at radius 1 is 1.33 bits per heavy atom. The van der Waals surface area contributed by atoms with Gasteiger partial charge in [0.1, 0.15) is 17.2 Å². The zero-order valence-corrected chi connectivity index (χ0v) is 11.3. The predicted molar refractivity (Wildman–Crippen MR) is 68.9 cm³/mol. The molecular formula is C14H18N2O2. The molecule has 0 saturated carbocycles. The van der Waals surface area contributed by atoms with Gasteiger partial charge in [0.15, 0.2) is 0 Å². The Kier molecular flexibility index (Phi) is 3.36. The van der Waals surface area contributed by atoms with Crippen LogP contribution in [0.25, 0.3) is 0 Å². The molecule has 0 atom stereocenters. The molecule has 2 aromatic heterocycles. The largest absolute Gasteiger partial charge is 0.466 e. The zero-order chi connectivity index (χ0) is 13.3. The van der Waals surface area contributed by atoms with Gasteiger partial charge in [-0.2, -0.15) is 5.10 Å². The van der Waals surface area contributed by atoms with Crippen molar-refractivity contribution in [2.24, 2.45) is 0 Å². The lowest BCUT2D eigenvalue weighted by molar-refractivity contribution is 0.102. The van der Waals surface area contributed by atoms with Gasteiger partial charge in [0.05, 0.1) is 5.56 Å². The Labute approximate surface area is 107 Å². The topological polar surface area (TPSA) is 48.0 Å². The van der Waals surface area contributed by atoms with Crippen LogP contribution in [0.5, 0.6) is 0 Å². The van der Waals surface area contributed by atoms with Crippen molar-refractivity contribution in [1.29, 1.82) is 0 Å². The van der Waals surface area contributed by atoms with Crippen molar-refractivity contribution in [3.05, 3.63) is 40.6 Å². The molecule has 2 rings (SSSR count). The van der Waals surface area contributed by atoms with E-state index < -0.39 is 0 Å². The highest BCUT2D eigenvalue weighted by Gasteiger charge is 2.22. The lowest BCUT2D eigenvalue weighted by Gasteiger charge is -2.05. The predicted octanol–water partition coefficient (Wildman–Crippen LogP) is 3.04. The third-order valence-electron chi connectivity index (χ3n) is 3.17. The number of aromatic nitrogens is 2. The molecule has 0 aromatic carbocycles. The maximum absolute atomic E-state index is 12.5. The van der Waals surface area contributed by atoms with Crippen LogP contribution in [0.3, 0.4) is 0 Å². The maximum Gasteiger partial charge on any atom is 0.214 e. The van der Waals surface area contributed by atoms with E-state index in [0.717, 1.165) is 24.3 Å².